The van der Waals surface area contributed by atoms with Crippen molar-refractivity contribution in [2.75, 3.05) is 0 Å². The van der Waals surface area contributed by atoms with Crippen molar-refractivity contribution in [3.05, 3.63) is 0 Å². The van der Waals surface area contributed by atoms with Crippen molar-refractivity contribution in [2.45, 2.75) is 179 Å². The smallest absolute Gasteiger partial charge is 0.0321 e. The summed E-state index contributed by atoms with van der Waals surface area (Å²) in [6, 6.07) is 0. The molecule has 12 bridgehead atoms. The predicted octanol–water partition coefficient (Wildman–Crippen LogP) is 13.7. The Morgan fingerprint density at radius 1 is 0.311 bits per heavy atom. The van der Waals surface area contributed by atoms with E-state index in [2.05, 4.69) is 76.2 Å². The second kappa shape index (κ2) is 13.0. The number of hydrogen-bond donors (Lipinski definition) is 0. The maximum Gasteiger partial charge on any atom is -0.0321 e. The first kappa shape index (κ1) is 34.8. The molecule has 12 saturated carbocycles. The van der Waals surface area contributed by atoms with Crippen LogP contribution in [-0.2, 0) is 0 Å². The minimum absolute atomic E-state index is 0.500. The summed E-state index contributed by atoms with van der Waals surface area (Å²) in [5.41, 5.74) is 1.58. The van der Waals surface area contributed by atoms with E-state index in [-0.39, 0.29) is 0 Å². The average molecular weight is 621 g/mol. The molecule has 0 amide bonds. The third kappa shape index (κ3) is 8.60. The lowest BCUT2D eigenvalue weighted by atomic mass is 9.56. The van der Waals surface area contributed by atoms with Gasteiger partial charge < -0.3 is 0 Å². The molecule has 12 rings (SSSR count). The van der Waals surface area contributed by atoms with E-state index in [1.54, 1.807) is 103 Å². The molecule has 12 fully saturated rings. The Kier molecular flexibility index (Phi) is 10.1. The van der Waals surface area contributed by atoms with Gasteiger partial charge >= 0.3 is 0 Å². The average Bonchev–Trinajstić information content (AvgIpc) is 3.71. The van der Waals surface area contributed by atoms with Crippen molar-refractivity contribution >= 4 is 0 Å². The van der Waals surface area contributed by atoms with Crippen LogP contribution in [0.25, 0.3) is 0 Å². The lowest BCUT2D eigenvalue weighted by Gasteiger charge is -2.49. The quantitative estimate of drug-likeness (QED) is 0.236. The minimum atomic E-state index is 0.500. The Bertz CT molecular complexity index is 851. The van der Waals surface area contributed by atoms with Crippen molar-refractivity contribution in [2.24, 2.45) is 105 Å². The molecule has 7 unspecified atom stereocenters. The fourth-order valence-electron chi connectivity index (χ4n) is 14.3. The molecule has 0 N–H and O–H groups in total. The van der Waals surface area contributed by atoms with E-state index >= 15 is 0 Å². The van der Waals surface area contributed by atoms with Crippen LogP contribution in [0.2, 0.25) is 0 Å². The zero-order valence-corrected chi connectivity index (χ0v) is 32.5. The van der Waals surface area contributed by atoms with Gasteiger partial charge in [0, 0.05) is 0 Å². The van der Waals surface area contributed by atoms with E-state index in [4.69, 9.17) is 0 Å². The summed E-state index contributed by atoms with van der Waals surface area (Å²) < 4.78 is 0. The van der Waals surface area contributed by atoms with Gasteiger partial charge in [-0.2, -0.15) is 0 Å². The molecule has 12 aliphatic rings. The highest BCUT2D eigenvalue weighted by atomic mass is 14.7. The van der Waals surface area contributed by atoms with Gasteiger partial charge in [-0.3, -0.25) is 0 Å². The summed E-state index contributed by atoms with van der Waals surface area (Å²) in [7, 11) is 0. The fourth-order valence-corrected chi connectivity index (χ4v) is 14.3. The first-order chi connectivity index (χ1) is 20.9. The number of hydrogen-bond acceptors (Lipinski definition) is 0. The van der Waals surface area contributed by atoms with Gasteiger partial charge in [-0.1, -0.05) is 76.2 Å². The molecule has 0 spiro atoms. The second-order valence-electron chi connectivity index (χ2n) is 23.7. The zero-order chi connectivity index (χ0) is 32.5. The van der Waals surface area contributed by atoms with Gasteiger partial charge in [-0.05, 0) is 208 Å². The summed E-state index contributed by atoms with van der Waals surface area (Å²) in [6.07, 6.45) is 25.7. The molecule has 12 aliphatic carbocycles. The summed E-state index contributed by atoms with van der Waals surface area (Å²) in [4.78, 5) is 0. The van der Waals surface area contributed by atoms with Crippen LogP contribution < -0.4 is 0 Å². The van der Waals surface area contributed by atoms with E-state index in [1.807, 2.05) is 0 Å². The van der Waals surface area contributed by atoms with Crippen LogP contribution in [0.1, 0.15) is 179 Å². The molecule has 0 aromatic carbocycles. The number of rotatable bonds is 0. The van der Waals surface area contributed by atoms with Gasteiger partial charge in [0.25, 0.3) is 0 Å². The molecule has 0 heteroatoms. The second-order valence-corrected chi connectivity index (χ2v) is 23.7. The highest BCUT2D eigenvalue weighted by Crippen LogP contribution is 2.70. The topological polar surface area (TPSA) is 0 Å². The Balaban J connectivity index is 0.000000107. The number of fused-ring (bicyclic) bond motifs is 9. The van der Waals surface area contributed by atoms with Crippen molar-refractivity contribution < 1.29 is 0 Å². The lowest BCUT2D eigenvalue weighted by molar-refractivity contribution is 0.0198. The van der Waals surface area contributed by atoms with Crippen molar-refractivity contribution in [1.29, 1.82) is 0 Å². The van der Waals surface area contributed by atoms with E-state index < -0.39 is 0 Å². The molecule has 0 aromatic rings. The van der Waals surface area contributed by atoms with Crippen LogP contribution >= 0.6 is 0 Å². The monoisotopic (exact) mass is 621 g/mol. The van der Waals surface area contributed by atoms with E-state index in [0.717, 1.165) is 23.7 Å². The Labute approximate surface area is 283 Å². The zero-order valence-electron chi connectivity index (χ0n) is 32.5. The van der Waals surface area contributed by atoms with Gasteiger partial charge in [0.05, 0.1) is 0 Å². The largest absolute Gasteiger partial charge is 0.0604 e. The van der Waals surface area contributed by atoms with Crippen LogP contribution in [0.5, 0.6) is 0 Å². The third-order valence-electron chi connectivity index (χ3n) is 14.7. The van der Waals surface area contributed by atoms with Gasteiger partial charge in [-0.15, -0.1) is 0 Å². The van der Waals surface area contributed by atoms with Crippen molar-refractivity contribution in [3.8, 4) is 0 Å². The Morgan fingerprint density at radius 2 is 0.644 bits per heavy atom. The third-order valence-corrected chi connectivity index (χ3v) is 14.7. The molecule has 0 heterocycles. The Morgan fingerprint density at radius 3 is 0.978 bits per heavy atom. The molecule has 7 atom stereocenters. The first-order valence-electron chi connectivity index (χ1n) is 20.9. The molecule has 260 valence electrons. The van der Waals surface area contributed by atoms with Crippen LogP contribution in [-0.4, -0.2) is 0 Å². The predicted molar refractivity (Wildman–Crippen MR) is 196 cm³/mol. The lowest BCUT2D eigenvalue weighted by Crippen LogP contribution is -2.38. The molecule has 0 nitrogen and oxygen atoms in total. The summed E-state index contributed by atoms with van der Waals surface area (Å²) in [5, 5.41) is 0. The van der Waals surface area contributed by atoms with E-state index in [0.29, 0.717) is 16.2 Å². The molecule has 0 aliphatic heterocycles. The molecular formula is C45H80. The fraction of sp³-hybridized carbons (Fsp3) is 1.00. The highest BCUT2D eigenvalue weighted by molar-refractivity contribution is 5.12. The van der Waals surface area contributed by atoms with Crippen molar-refractivity contribution in [3.63, 3.8) is 0 Å². The molecule has 0 saturated heterocycles. The molecule has 0 radical (unpaired) electrons. The van der Waals surface area contributed by atoms with Gasteiger partial charge in [-0.25, -0.2) is 0 Å². The van der Waals surface area contributed by atoms with Crippen LogP contribution in [0, 0.1) is 105 Å². The van der Waals surface area contributed by atoms with Gasteiger partial charge in [0.1, 0.15) is 0 Å². The SMILES string of the molecule is C1C2CC3CC1CC(C2)C3.C1C2CC3CC1CC3C2.CC(C)(C)C.CC(C)(C)C.CC(C)(C)C1CC2CC1C1C3CCC(C3)C21. The van der Waals surface area contributed by atoms with Gasteiger partial charge in [0.2, 0.25) is 0 Å². The summed E-state index contributed by atoms with van der Waals surface area (Å²) in [6.45, 7) is 25.0. The van der Waals surface area contributed by atoms with E-state index in [9.17, 15) is 0 Å². The molecule has 0 aromatic heterocycles. The minimum Gasteiger partial charge on any atom is -0.0604 e. The molecule has 45 heavy (non-hydrogen) atoms. The van der Waals surface area contributed by atoms with Crippen molar-refractivity contribution in [1.82, 2.24) is 0 Å². The van der Waals surface area contributed by atoms with Crippen LogP contribution in [0.3, 0.4) is 0 Å². The maximum absolute atomic E-state index is 2.49. The molecular weight excluding hydrogens is 540 g/mol. The van der Waals surface area contributed by atoms with Crippen LogP contribution in [0.4, 0.5) is 0 Å². The maximum atomic E-state index is 2.49. The normalized spacial score (nSPS) is 48.5. The van der Waals surface area contributed by atoms with Gasteiger partial charge in [0.15, 0.2) is 0 Å². The van der Waals surface area contributed by atoms with Crippen LogP contribution in [0.15, 0.2) is 0 Å². The standard InChI is InChI=1S/C16H26.C10H16.C9H14.2C5H12/c1-16(2,3)13-8-11-7-12(13)15-10-5-4-9(6-10)14(11)15;1-7-2-9-4-8(1)5-10(3-7)6-9;1-6-2-8-4-7(1)5-9(8)3-6;2*1-5(2,3)4/h9-15H,4-8H2,1-3H3;7-10H,1-6H2;6-9H,1-5H2;2*1-4H3. The first-order valence-corrected chi connectivity index (χ1v) is 20.9. The Hall–Kier alpha value is 0. The highest BCUT2D eigenvalue weighted by Gasteiger charge is 2.63. The summed E-state index contributed by atoms with van der Waals surface area (Å²) >= 11 is 0. The summed E-state index contributed by atoms with van der Waals surface area (Å²) in [5.74, 6) is 17.5. The van der Waals surface area contributed by atoms with E-state index in [1.165, 1.54) is 65.1 Å².